The maximum Gasteiger partial charge on any atom is 0.264 e. The predicted octanol–water partition coefficient (Wildman–Crippen LogP) is 4.22. The van der Waals surface area contributed by atoms with E-state index in [1.807, 2.05) is 39.0 Å². The number of anilines is 1. The number of fused-ring (bicyclic) bond motifs is 4. The molecule has 1 atom stereocenters. The largest absolute Gasteiger partial charge is 0.475 e. The van der Waals surface area contributed by atoms with E-state index in [4.69, 9.17) is 4.74 Å². The van der Waals surface area contributed by atoms with Crippen LogP contribution in [0.4, 0.5) is 5.95 Å². The van der Waals surface area contributed by atoms with Gasteiger partial charge in [-0.15, -0.1) is 0 Å². The summed E-state index contributed by atoms with van der Waals surface area (Å²) in [4.78, 5) is 33.1. The number of benzene rings is 2. The summed E-state index contributed by atoms with van der Waals surface area (Å²) in [5, 5.41) is 10.9. The van der Waals surface area contributed by atoms with Gasteiger partial charge in [0.2, 0.25) is 11.8 Å². The third kappa shape index (κ3) is 6.65. The molecule has 0 spiro atoms. The highest BCUT2D eigenvalue weighted by atomic mass is 32.2. The summed E-state index contributed by atoms with van der Waals surface area (Å²) >= 11 is 0. The molecule has 2 aromatic carbocycles. The van der Waals surface area contributed by atoms with Crippen molar-refractivity contribution in [3.8, 4) is 17.1 Å². The molecular formula is C31H34N6O5S. The molecule has 2 aromatic heterocycles. The number of aromatic nitrogens is 4. The Morgan fingerprint density at radius 2 is 1.70 bits per heavy atom. The molecule has 0 fully saturated rings. The maximum absolute atomic E-state index is 14.1. The molecule has 4 aromatic rings. The van der Waals surface area contributed by atoms with Crippen molar-refractivity contribution in [2.75, 3.05) is 11.3 Å². The van der Waals surface area contributed by atoms with Crippen molar-refractivity contribution in [3.05, 3.63) is 89.0 Å². The molecule has 1 aliphatic heterocycles. The fourth-order valence-corrected chi connectivity index (χ4v) is 6.19. The number of nitrogens with zero attached hydrogens (tertiary/aromatic N) is 5. The van der Waals surface area contributed by atoms with E-state index in [0.29, 0.717) is 17.1 Å². The normalized spacial score (nSPS) is 16.7. The number of ether oxygens (including phenoxy) is 1. The highest BCUT2D eigenvalue weighted by Crippen LogP contribution is 2.34. The van der Waals surface area contributed by atoms with E-state index < -0.39 is 27.6 Å². The third-order valence-corrected chi connectivity index (χ3v) is 8.54. The molecule has 1 amide bonds. The van der Waals surface area contributed by atoms with Crippen LogP contribution < -0.4 is 9.46 Å². The Morgan fingerprint density at radius 1 is 1.02 bits per heavy atom. The van der Waals surface area contributed by atoms with Crippen molar-refractivity contribution >= 4 is 21.9 Å². The van der Waals surface area contributed by atoms with Crippen LogP contribution in [0.15, 0.2) is 65.8 Å². The van der Waals surface area contributed by atoms with Gasteiger partial charge in [-0.05, 0) is 76.4 Å². The van der Waals surface area contributed by atoms with Crippen LogP contribution in [0.5, 0.6) is 5.88 Å². The zero-order valence-corrected chi connectivity index (χ0v) is 25.5. The van der Waals surface area contributed by atoms with Gasteiger partial charge in [0.25, 0.3) is 15.9 Å². The first-order chi connectivity index (χ1) is 20.3. The van der Waals surface area contributed by atoms with Gasteiger partial charge in [0.05, 0.1) is 28.8 Å². The lowest BCUT2D eigenvalue weighted by Crippen LogP contribution is -2.47. The highest BCUT2D eigenvalue weighted by molar-refractivity contribution is 7.92. The van der Waals surface area contributed by atoms with Crippen LogP contribution in [0.1, 0.15) is 53.1 Å². The summed E-state index contributed by atoms with van der Waals surface area (Å²) in [7, 11) is -4.20. The summed E-state index contributed by atoms with van der Waals surface area (Å²) in [6.45, 7) is 8.97. The molecule has 2 N–H and O–H groups in total. The van der Waals surface area contributed by atoms with Gasteiger partial charge < -0.3 is 14.7 Å². The molecule has 1 aliphatic rings. The van der Waals surface area contributed by atoms with Gasteiger partial charge in [-0.2, -0.15) is 4.98 Å². The molecule has 0 unspecified atom stereocenters. The van der Waals surface area contributed by atoms with E-state index in [2.05, 4.69) is 24.7 Å². The van der Waals surface area contributed by atoms with Gasteiger partial charge >= 0.3 is 0 Å². The standard InChI is InChI=1S/C31H34N6O5S/c1-19-9-6-10-20(2)26(19)27-21(3)28-35-30(34-27)36-43(40,41)24-12-7-11-22(15-24)29(38)37(17-25-32-13-8-14-33-25)23(18-42-28)16-31(4,5)39/h6-15,23,39H,16-18H2,1-5H3,(H,34,35,36)/t23-/m1/s1. The van der Waals surface area contributed by atoms with Gasteiger partial charge in [0, 0.05) is 29.1 Å². The molecule has 43 heavy (non-hydrogen) atoms. The summed E-state index contributed by atoms with van der Waals surface area (Å²) in [6.07, 6.45) is 3.30. The van der Waals surface area contributed by atoms with E-state index in [-0.39, 0.29) is 41.9 Å². The summed E-state index contributed by atoms with van der Waals surface area (Å²) < 4.78 is 35.9. The molecule has 11 nitrogen and oxygen atoms in total. The molecular weight excluding hydrogens is 568 g/mol. The molecule has 0 saturated carbocycles. The van der Waals surface area contributed by atoms with E-state index in [0.717, 1.165) is 16.7 Å². The maximum atomic E-state index is 14.1. The number of sulfonamides is 1. The van der Waals surface area contributed by atoms with Gasteiger partial charge in [-0.3, -0.25) is 4.79 Å². The zero-order valence-electron chi connectivity index (χ0n) is 24.7. The second kappa shape index (κ2) is 11.7. The van der Waals surface area contributed by atoms with E-state index in [1.165, 1.54) is 23.1 Å². The van der Waals surface area contributed by atoms with Crippen LogP contribution in [0.2, 0.25) is 0 Å². The summed E-state index contributed by atoms with van der Waals surface area (Å²) in [6, 6.07) is 12.6. The van der Waals surface area contributed by atoms with Gasteiger partial charge in [-0.25, -0.2) is 28.1 Å². The topological polar surface area (TPSA) is 148 Å². The zero-order chi connectivity index (χ0) is 30.9. The number of nitrogens with one attached hydrogen (secondary N) is 1. The Balaban J connectivity index is 1.71. The van der Waals surface area contributed by atoms with Crippen molar-refractivity contribution in [1.82, 2.24) is 24.8 Å². The molecule has 12 heteroatoms. The predicted molar refractivity (Wildman–Crippen MR) is 161 cm³/mol. The van der Waals surface area contributed by atoms with Crippen molar-refractivity contribution in [2.45, 2.75) is 64.1 Å². The van der Waals surface area contributed by atoms with Crippen molar-refractivity contribution < 1.29 is 23.1 Å². The number of aryl methyl sites for hydroxylation is 2. The second-order valence-corrected chi connectivity index (χ2v) is 13.0. The monoisotopic (exact) mass is 602 g/mol. The number of carbonyl (C=O) groups excluding carboxylic acids is 1. The van der Waals surface area contributed by atoms with E-state index in [9.17, 15) is 18.3 Å². The van der Waals surface area contributed by atoms with Gasteiger partial charge in [0.15, 0.2) is 0 Å². The average molecular weight is 603 g/mol. The Bertz CT molecular complexity index is 1750. The molecule has 0 radical (unpaired) electrons. The first kappa shape index (κ1) is 30.1. The van der Waals surface area contributed by atoms with Crippen molar-refractivity contribution in [3.63, 3.8) is 0 Å². The molecule has 5 rings (SSSR count). The van der Waals surface area contributed by atoms with Crippen molar-refractivity contribution in [1.29, 1.82) is 0 Å². The third-order valence-electron chi connectivity index (χ3n) is 7.22. The lowest BCUT2D eigenvalue weighted by atomic mass is 9.97. The lowest BCUT2D eigenvalue weighted by Gasteiger charge is -2.35. The fourth-order valence-electron chi connectivity index (χ4n) is 5.20. The number of hydrogen-bond donors (Lipinski definition) is 2. The SMILES string of the molecule is Cc1cccc(C)c1-c1nc2nc(c1C)OC[C@@H](CC(C)(C)O)N(Cc1ncccn1)C(=O)c1cccc(c1)S(=O)(=O)N2. The Morgan fingerprint density at radius 3 is 2.37 bits per heavy atom. The first-order valence-corrected chi connectivity index (χ1v) is 15.3. The van der Waals surface area contributed by atoms with E-state index in [1.54, 1.807) is 38.4 Å². The quantitative estimate of drug-likeness (QED) is 0.343. The first-order valence-electron chi connectivity index (χ1n) is 13.8. The minimum absolute atomic E-state index is 0.000663. The summed E-state index contributed by atoms with van der Waals surface area (Å²) in [5.41, 5.74) is 2.82. The molecule has 0 saturated heterocycles. The van der Waals surface area contributed by atoms with Crippen LogP contribution in [-0.4, -0.2) is 62.5 Å². The molecule has 0 aliphatic carbocycles. The average Bonchev–Trinajstić information content (AvgIpc) is 2.95. The smallest absolute Gasteiger partial charge is 0.264 e. The number of amides is 1. The summed E-state index contributed by atoms with van der Waals surface area (Å²) in [5.74, 6) is -0.0975. The number of rotatable bonds is 5. The highest BCUT2D eigenvalue weighted by Gasteiger charge is 2.33. The van der Waals surface area contributed by atoms with Crippen molar-refractivity contribution in [2.24, 2.45) is 0 Å². The Hall–Kier alpha value is -4.42. The number of carbonyl (C=O) groups is 1. The van der Waals surface area contributed by atoms with Crippen LogP contribution in [0, 0.1) is 20.8 Å². The minimum atomic E-state index is -4.20. The minimum Gasteiger partial charge on any atom is -0.475 e. The second-order valence-electron chi connectivity index (χ2n) is 11.3. The molecule has 3 heterocycles. The van der Waals surface area contributed by atoms with Crippen LogP contribution in [0.25, 0.3) is 11.3 Å². The fraction of sp³-hybridized carbons (Fsp3) is 0.323. The lowest BCUT2D eigenvalue weighted by molar-refractivity contribution is 0.0155. The molecule has 4 bridgehead atoms. The Labute approximate surface area is 251 Å². The van der Waals surface area contributed by atoms with Crippen LogP contribution in [0.3, 0.4) is 0 Å². The van der Waals surface area contributed by atoms with Gasteiger partial charge in [0.1, 0.15) is 12.4 Å². The Kier molecular flexibility index (Phi) is 8.17. The van der Waals surface area contributed by atoms with Gasteiger partial charge in [-0.1, -0.05) is 24.3 Å². The molecule has 224 valence electrons. The van der Waals surface area contributed by atoms with Crippen LogP contribution >= 0.6 is 0 Å². The van der Waals surface area contributed by atoms with Crippen LogP contribution in [-0.2, 0) is 16.6 Å². The number of hydrogen-bond acceptors (Lipinski definition) is 9. The number of aliphatic hydroxyl groups is 1. The van der Waals surface area contributed by atoms with E-state index >= 15 is 0 Å².